The smallest absolute Gasteiger partial charge is 0.295 e. The molecule has 2 heterocycles. The number of aryl methyl sites for hydroxylation is 1. The van der Waals surface area contributed by atoms with Gasteiger partial charge in [0, 0.05) is 43.2 Å². The van der Waals surface area contributed by atoms with Crippen molar-refractivity contribution in [2.45, 2.75) is 32.4 Å². The maximum absolute atomic E-state index is 13.2. The third-order valence-electron chi connectivity index (χ3n) is 5.91. The Morgan fingerprint density at radius 2 is 1.94 bits per heavy atom. The van der Waals surface area contributed by atoms with E-state index in [0.29, 0.717) is 36.4 Å². The van der Waals surface area contributed by atoms with Crippen LogP contribution in [0.15, 0.2) is 72.8 Å². The molecule has 186 valence electrons. The van der Waals surface area contributed by atoms with Crippen LogP contribution in [-0.4, -0.2) is 49.3 Å². The highest BCUT2D eigenvalue weighted by atomic mass is 16.6. The number of carbonyl (C=O) groups excluding carboxylic acids is 2. The Hall–Kier alpha value is -4.47. The van der Waals surface area contributed by atoms with Gasteiger partial charge in [-0.3, -0.25) is 19.7 Å². The van der Waals surface area contributed by atoms with Gasteiger partial charge in [-0.2, -0.15) is 0 Å². The summed E-state index contributed by atoms with van der Waals surface area (Å²) >= 11 is 0. The van der Waals surface area contributed by atoms with Crippen LogP contribution in [0.1, 0.15) is 36.9 Å². The lowest BCUT2D eigenvalue weighted by molar-refractivity contribution is -0.384. The van der Waals surface area contributed by atoms with Gasteiger partial charge >= 0.3 is 0 Å². The second-order valence-corrected chi connectivity index (χ2v) is 8.37. The zero-order chi connectivity index (χ0) is 25.7. The molecule has 10 heteroatoms. The van der Waals surface area contributed by atoms with E-state index in [1.165, 1.54) is 23.1 Å². The van der Waals surface area contributed by atoms with Crippen molar-refractivity contribution in [3.8, 4) is 5.75 Å². The van der Waals surface area contributed by atoms with Gasteiger partial charge in [0.05, 0.1) is 29.5 Å². The number of hydrogen-bond donors (Lipinski definition) is 1. The van der Waals surface area contributed by atoms with Gasteiger partial charge in [0.1, 0.15) is 11.5 Å². The standard InChI is InChI=1S/C26H26N4O6/c1-2-15-36-21-9-7-18(8-10-21)24(31)22-23(19-5-3-6-20(16-19)30(34)35)29(26(33)25(22)32)13-4-12-28-14-11-27-17-28/h3,5-11,14,16-17,23,31H,2,4,12-13,15H2,1H3. The van der Waals surface area contributed by atoms with Gasteiger partial charge in [-0.05, 0) is 42.7 Å². The summed E-state index contributed by atoms with van der Waals surface area (Å²) in [5, 5.41) is 22.6. The molecule has 0 bridgehead atoms. The first-order valence-electron chi connectivity index (χ1n) is 11.6. The molecule has 0 aliphatic carbocycles. The van der Waals surface area contributed by atoms with Crippen molar-refractivity contribution >= 4 is 23.1 Å². The average molecular weight is 491 g/mol. The monoisotopic (exact) mass is 490 g/mol. The molecule has 1 unspecified atom stereocenters. The first kappa shape index (κ1) is 24.6. The maximum Gasteiger partial charge on any atom is 0.295 e. The number of aliphatic hydroxyl groups is 1. The number of ether oxygens (including phenoxy) is 1. The zero-order valence-electron chi connectivity index (χ0n) is 19.7. The number of likely N-dealkylation sites (tertiary alicyclic amines) is 1. The van der Waals surface area contributed by atoms with Gasteiger partial charge in [0.2, 0.25) is 0 Å². The van der Waals surface area contributed by atoms with E-state index in [9.17, 15) is 24.8 Å². The number of nitro benzene ring substituents is 1. The van der Waals surface area contributed by atoms with E-state index in [1.54, 1.807) is 49.1 Å². The predicted octanol–water partition coefficient (Wildman–Crippen LogP) is 4.09. The van der Waals surface area contributed by atoms with Gasteiger partial charge < -0.3 is 19.3 Å². The molecule has 1 N–H and O–H groups in total. The molecule has 1 fully saturated rings. The van der Waals surface area contributed by atoms with Crippen LogP contribution in [-0.2, 0) is 16.1 Å². The quantitative estimate of drug-likeness (QED) is 0.149. The van der Waals surface area contributed by atoms with E-state index in [0.717, 1.165) is 6.42 Å². The zero-order valence-corrected chi connectivity index (χ0v) is 19.7. The Morgan fingerprint density at radius 3 is 2.61 bits per heavy atom. The summed E-state index contributed by atoms with van der Waals surface area (Å²) in [6.07, 6.45) is 6.45. The van der Waals surface area contributed by atoms with Crippen LogP contribution in [0.5, 0.6) is 5.75 Å². The molecule has 10 nitrogen and oxygen atoms in total. The molecule has 1 aromatic heterocycles. The highest BCUT2D eigenvalue weighted by Crippen LogP contribution is 2.40. The van der Waals surface area contributed by atoms with Crippen LogP contribution >= 0.6 is 0 Å². The summed E-state index contributed by atoms with van der Waals surface area (Å²) in [7, 11) is 0. The average Bonchev–Trinajstić information content (AvgIpc) is 3.50. The van der Waals surface area contributed by atoms with E-state index in [2.05, 4.69) is 4.98 Å². The molecule has 1 aliphatic heterocycles. The lowest BCUT2D eigenvalue weighted by atomic mass is 9.95. The Balaban J connectivity index is 1.72. The van der Waals surface area contributed by atoms with Crippen molar-refractivity contribution in [2.75, 3.05) is 13.2 Å². The topological polar surface area (TPSA) is 128 Å². The first-order chi connectivity index (χ1) is 17.4. The number of hydrogen-bond acceptors (Lipinski definition) is 7. The fraction of sp³-hybridized carbons (Fsp3) is 0.269. The van der Waals surface area contributed by atoms with Crippen LogP contribution in [0.4, 0.5) is 5.69 Å². The fourth-order valence-corrected chi connectivity index (χ4v) is 4.19. The highest BCUT2D eigenvalue weighted by Gasteiger charge is 2.46. The van der Waals surface area contributed by atoms with Crippen LogP contribution in [0.3, 0.4) is 0 Å². The molecule has 1 atom stereocenters. The number of Topliss-reactive ketones (excluding diaryl/α,β-unsaturated/α-hetero) is 1. The number of rotatable bonds is 10. The molecule has 1 aliphatic rings. The summed E-state index contributed by atoms with van der Waals surface area (Å²) in [5.41, 5.74) is 0.431. The van der Waals surface area contributed by atoms with Gasteiger partial charge in [-0.1, -0.05) is 19.1 Å². The second kappa shape index (κ2) is 10.9. The molecule has 1 amide bonds. The van der Waals surface area contributed by atoms with Crippen molar-refractivity contribution in [3.63, 3.8) is 0 Å². The summed E-state index contributed by atoms with van der Waals surface area (Å²) in [5.74, 6) is -1.33. The van der Waals surface area contributed by atoms with Crippen molar-refractivity contribution in [2.24, 2.45) is 0 Å². The molecule has 3 aromatic rings. The van der Waals surface area contributed by atoms with Gasteiger partial charge in [-0.25, -0.2) is 4.98 Å². The number of benzene rings is 2. The second-order valence-electron chi connectivity index (χ2n) is 8.37. The molecule has 0 saturated carbocycles. The summed E-state index contributed by atoms with van der Waals surface area (Å²) in [6, 6.07) is 11.4. The molecule has 2 aromatic carbocycles. The van der Waals surface area contributed by atoms with E-state index >= 15 is 0 Å². The largest absolute Gasteiger partial charge is 0.507 e. The number of ketones is 1. The van der Waals surface area contributed by atoms with Crippen LogP contribution in [0.25, 0.3) is 5.76 Å². The Labute approximate surface area is 207 Å². The number of carbonyl (C=O) groups is 2. The molecular weight excluding hydrogens is 464 g/mol. The van der Waals surface area contributed by atoms with Crippen LogP contribution < -0.4 is 4.74 Å². The number of nitro groups is 1. The van der Waals surface area contributed by atoms with E-state index < -0.39 is 22.7 Å². The number of aromatic nitrogens is 2. The van der Waals surface area contributed by atoms with Crippen LogP contribution in [0, 0.1) is 10.1 Å². The lowest BCUT2D eigenvalue weighted by Gasteiger charge is -2.25. The molecule has 0 spiro atoms. The van der Waals surface area contributed by atoms with Crippen LogP contribution in [0.2, 0.25) is 0 Å². The van der Waals surface area contributed by atoms with Crippen molar-refractivity contribution < 1.29 is 24.4 Å². The normalized spacial score (nSPS) is 16.9. The SMILES string of the molecule is CCCOc1ccc(C(O)=C2C(=O)C(=O)N(CCCn3ccnc3)C2c2cccc([N+](=O)[O-])c2)cc1. The van der Waals surface area contributed by atoms with Gasteiger partial charge in [0.25, 0.3) is 17.4 Å². The predicted molar refractivity (Wildman–Crippen MR) is 131 cm³/mol. The van der Waals surface area contributed by atoms with E-state index in [1.807, 2.05) is 11.5 Å². The first-order valence-corrected chi connectivity index (χ1v) is 11.6. The lowest BCUT2D eigenvalue weighted by Crippen LogP contribution is -2.31. The Bertz CT molecular complexity index is 1280. The minimum Gasteiger partial charge on any atom is -0.507 e. The third-order valence-corrected chi connectivity index (χ3v) is 5.91. The number of non-ortho nitro benzene ring substituents is 1. The summed E-state index contributed by atoms with van der Waals surface area (Å²) in [4.78, 5) is 42.4. The molecule has 4 rings (SSSR count). The van der Waals surface area contributed by atoms with Crippen molar-refractivity contribution in [1.29, 1.82) is 0 Å². The number of aliphatic hydroxyl groups excluding tert-OH is 1. The maximum atomic E-state index is 13.2. The number of amides is 1. The highest BCUT2D eigenvalue weighted by molar-refractivity contribution is 6.46. The minimum atomic E-state index is -0.969. The molecule has 36 heavy (non-hydrogen) atoms. The molecule has 1 saturated heterocycles. The fourth-order valence-electron chi connectivity index (χ4n) is 4.19. The Morgan fingerprint density at radius 1 is 1.17 bits per heavy atom. The number of imidazole rings is 1. The van der Waals surface area contributed by atoms with E-state index in [4.69, 9.17) is 4.74 Å². The molecular formula is C26H26N4O6. The summed E-state index contributed by atoms with van der Waals surface area (Å²) < 4.78 is 7.42. The van der Waals surface area contributed by atoms with Gasteiger partial charge in [0.15, 0.2) is 0 Å². The Kier molecular flexibility index (Phi) is 7.43. The van der Waals surface area contributed by atoms with Crippen molar-refractivity contribution in [1.82, 2.24) is 14.5 Å². The van der Waals surface area contributed by atoms with Gasteiger partial charge in [-0.15, -0.1) is 0 Å². The van der Waals surface area contributed by atoms with Crippen molar-refractivity contribution in [3.05, 3.63) is 94.1 Å². The minimum absolute atomic E-state index is 0.106. The van der Waals surface area contributed by atoms with E-state index in [-0.39, 0.29) is 23.6 Å². The third kappa shape index (κ3) is 5.12. The number of nitrogens with zero attached hydrogens (tertiary/aromatic N) is 4. The summed E-state index contributed by atoms with van der Waals surface area (Å²) in [6.45, 7) is 3.30. The molecule has 0 radical (unpaired) electrons.